The van der Waals surface area contributed by atoms with Crippen LogP contribution in [0.25, 0.3) is 6.08 Å². The van der Waals surface area contributed by atoms with Crippen molar-refractivity contribution in [2.24, 2.45) is 0 Å². The van der Waals surface area contributed by atoms with Crippen LogP contribution in [0.4, 0.5) is 0 Å². The normalized spacial score (nSPS) is 10.8. The average Bonchev–Trinajstić information content (AvgIpc) is 2.35. The third-order valence-electron chi connectivity index (χ3n) is 2.42. The highest BCUT2D eigenvalue weighted by molar-refractivity contribution is 5.94. The summed E-state index contributed by atoms with van der Waals surface area (Å²) in [6, 6.07) is 7.26. The molecule has 1 aromatic carbocycles. The van der Waals surface area contributed by atoms with E-state index in [4.69, 9.17) is 0 Å². The Kier molecular flexibility index (Phi) is 5.30. The topological polar surface area (TPSA) is 49.4 Å². The summed E-state index contributed by atoms with van der Waals surface area (Å²) in [6.07, 6.45) is 3.21. The Labute approximate surface area is 114 Å². The van der Waals surface area contributed by atoms with Gasteiger partial charge >= 0.3 is 0 Å². The fourth-order valence-electron chi connectivity index (χ4n) is 1.50. The molecule has 0 saturated heterocycles. The molecule has 1 aromatic rings. The summed E-state index contributed by atoms with van der Waals surface area (Å²) in [5, 5.41) is 2.77. The van der Waals surface area contributed by atoms with E-state index in [1.807, 2.05) is 26.0 Å². The van der Waals surface area contributed by atoms with Crippen LogP contribution in [0.15, 0.2) is 30.3 Å². The standard InChI is InChI=1S/C15H20N2O2/c1-11(2)16-14(18)10-7-12-5-8-13(9-6-12)15(19)17(3)4/h5-11H,1-4H3,(H,16,18)/b10-7+. The van der Waals surface area contributed by atoms with Gasteiger partial charge in [-0.05, 0) is 37.6 Å². The summed E-state index contributed by atoms with van der Waals surface area (Å²) in [6.45, 7) is 3.82. The maximum absolute atomic E-state index is 11.7. The van der Waals surface area contributed by atoms with Crippen LogP contribution >= 0.6 is 0 Å². The van der Waals surface area contributed by atoms with Crippen LogP contribution in [0.5, 0.6) is 0 Å². The molecule has 4 nitrogen and oxygen atoms in total. The van der Waals surface area contributed by atoms with E-state index in [9.17, 15) is 9.59 Å². The molecule has 0 atom stereocenters. The number of carbonyl (C=O) groups is 2. The van der Waals surface area contributed by atoms with Gasteiger partial charge in [-0.25, -0.2) is 0 Å². The molecule has 2 amide bonds. The van der Waals surface area contributed by atoms with Crippen molar-refractivity contribution < 1.29 is 9.59 Å². The van der Waals surface area contributed by atoms with Crippen molar-refractivity contribution in [3.63, 3.8) is 0 Å². The number of amides is 2. The molecule has 0 heterocycles. The summed E-state index contributed by atoms with van der Waals surface area (Å²) in [5.74, 6) is -0.156. The Morgan fingerprint density at radius 1 is 1.16 bits per heavy atom. The maximum atomic E-state index is 11.7. The van der Waals surface area contributed by atoms with Gasteiger partial charge in [0.2, 0.25) is 5.91 Å². The number of hydrogen-bond acceptors (Lipinski definition) is 2. The highest BCUT2D eigenvalue weighted by Gasteiger charge is 2.06. The molecule has 0 saturated carbocycles. The van der Waals surface area contributed by atoms with E-state index in [1.165, 1.54) is 11.0 Å². The highest BCUT2D eigenvalue weighted by atomic mass is 16.2. The van der Waals surface area contributed by atoms with Crippen molar-refractivity contribution >= 4 is 17.9 Å². The first kappa shape index (κ1) is 15.0. The van der Waals surface area contributed by atoms with Crippen molar-refractivity contribution in [2.75, 3.05) is 14.1 Å². The third-order valence-corrected chi connectivity index (χ3v) is 2.42. The highest BCUT2D eigenvalue weighted by Crippen LogP contribution is 2.07. The van der Waals surface area contributed by atoms with Crippen LogP contribution < -0.4 is 5.32 Å². The number of benzene rings is 1. The van der Waals surface area contributed by atoms with Gasteiger partial charge in [-0.3, -0.25) is 9.59 Å². The smallest absolute Gasteiger partial charge is 0.253 e. The lowest BCUT2D eigenvalue weighted by molar-refractivity contribution is -0.116. The van der Waals surface area contributed by atoms with Gasteiger partial charge in [0.25, 0.3) is 5.91 Å². The summed E-state index contributed by atoms with van der Waals surface area (Å²) < 4.78 is 0. The van der Waals surface area contributed by atoms with Gasteiger partial charge in [-0.1, -0.05) is 12.1 Å². The summed E-state index contributed by atoms with van der Waals surface area (Å²) in [5.41, 5.74) is 1.52. The van der Waals surface area contributed by atoms with Gasteiger partial charge in [-0.15, -0.1) is 0 Å². The number of hydrogen-bond donors (Lipinski definition) is 1. The fraction of sp³-hybridized carbons (Fsp3) is 0.333. The average molecular weight is 260 g/mol. The van der Waals surface area contributed by atoms with E-state index in [0.29, 0.717) is 5.56 Å². The van der Waals surface area contributed by atoms with Crippen LogP contribution in [0.3, 0.4) is 0 Å². The van der Waals surface area contributed by atoms with Crippen LogP contribution in [0, 0.1) is 0 Å². The minimum atomic E-state index is -0.122. The molecule has 0 aliphatic heterocycles. The van der Waals surface area contributed by atoms with E-state index in [0.717, 1.165) is 5.56 Å². The Morgan fingerprint density at radius 2 is 1.74 bits per heavy atom. The van der Waals surface area contributed by atoms with Crippen LogP contribution in [-0.4, -0.2) is 36.9 Å². The van der Waals surface area contributed by atoms with E-state index < -0.39 is 0 Å². The second-order valence-electron chi connectivity index (χ2n) is 4.82. The molecule has 0 aliphatic carbocycles. The van der Waals surface area contributed by atoms with Crippen LogP contribution in [0.2, 0.25) is 0 Å². The van der Waals surface area contributed by atoms with Crippen molar-refractivity contribution in [1.82, 2.24) is 10.2 Å². The van der Waals surface area contributed by atoms with E-state index in [2.05, 4.69) is 5.32 Å². The van der Waals surface area contributed by atoms with E-state index >= 15 is 0 Å². The van der Waals surface area contributed by atoms with Crippen molar-refractivity contribution in [3.8, 4) is 0 Å². The first-order valence-electron chi connectivity index (χ1n) is 6.20. The Balaban J connectivity index is 2.69. The molecule has 0 fully saturated rings. The van der Waals surface area contributed by atoms with Gasteiger partial charge in [0.1, 0.15) is 0 Å². The van der Waals surface area contributed by atoms with Crippen LogP contribution in [-0.2, 0) is 4.79 Å². The zero-order valence-electron chi connectivity index (χ0n) is 11.8. The molecule has 0 bridgehead atoms. The van der Waals surface area contributed by atoms with Crippen molar-refractivity contribution in [1.29, 1.82) is 0 Å². The first-order valence-corrected chi connectivity index (χ1v) is 6.20. The summed E-state index contributed by atoms with van der Waals surface area (Å²) in [4.78, 5) is 24.6. The number of nitrogens with one attached hydrogen (secondary N) is 1. The lowest BCUT2D eigenvalue weighted by Crippen LogP contribution is -2.28. The van der Waals surface area contributed by atoms with Crippen molar-refractivity contribution in [2.45, 2.75) is 19.9 Å². The minimum absolute atomic E-state index is 0.0342. The maximum Gasteiger partial charge on any atom is 0.253 e. The molecule has 0 aliphatic rings. The van der Waals surface area contributed by atoms with Gasteiger partial charge < -0.3 is 10.2 Å². The quantitative estimate of drug-likeness (QED) is 0.841. The molecule has 0 unspecified atom stereocenters. The second-order valence-corrected chi connectivity index (χ2v) is 4.82. The van der Waals surface area contributed by atoms with Gasteiger partial charge in [0, 0.05) is 31.8 Å². The number of nitrogens with zero attached hydrogens (tertiary/aromatic N) is 1. The zero-order valence-corrected chi connectivity index (χ0v) is 11.8. The van der Waals surface area contributed by atoms with Gasteiger partial charge in [-0.2, -0.15) is 0 Å². The van der Waals surface area contributed by atoms with Gasteiger partial charge in [0.05, 0.1) is 0 Å². The minimum Gasteiger partial charge on any atom is -0.350 e. The second kappa shape index (κ2) is 6.73. The van der Waals surface area contributed by atoms with Gasteiger partial charge in [0.15, 0.2) is 0 Å². The van der Waals surface area contributed by atoms with E-state index in [-0.39, 0.29) is 17.9 Å². The van der Waals surface area contributed by atoms with Crippen LogP contribution in [0.1, 0.15) is 29.8 Å². The SMILES string of the molecule is CC(C)NC(=O)/C=C/c1ccc(C(=O)N(C)C)cc1. The van der Waals surface area contributed by atoms with Crippen molar-refractivity contribution in [3.05, 3.63) is 41.5 Å². The largest absolute Gasteiger partial charge is 0.350 e. The first-order chi connectivity index (χ1) is 8.90. The molecular weight excluding hydrogens is 240 g/mol. The van der Waals surface area contributed by atoms with E-state index in [1.54, 1.807) is 32.3 Å². The molecule has 4 heteroatoms. The lowest BCUT2D eigenvalue weighted by atomic mass is 10.1. The predicted molar refractivity (Wildman–Crippen MR) is 76.8 cm³/mol. The summed E-state index contributed by atoms with van der Waals surface area (Å²) in [7, 11) is 3.43. The summed E-state index contributed by atoms with van der Waals surface area (Å²) >= 11 is 0. The Morgan fingerprint density at radius 3 is 2.21 bits per heavy atom. The molecule has 19 heavy (non-hydrogen) atoms. The number of rotatable bonds is 4. The molecule has 102 valence electrons. The fourth-order valence-corrected chi connectivity index (χ4v) is 1.50. The molecule has 0 spiro atoms. The molecule has 1 rings (SSSR count). The Hall–Kier alpha value is -2.10. The molecular formula is C15H20N2O2. The molecule has 0 radical (unpaired) electrons. The zero-order chi connectivity index (χ0) is 14.4. The number of carbonyl (C=O) groups excluding carboxylic acids is 2. The predicted octanol–water partition coefficient (Wildman–Crippen LogP) is 1.93. The lowest BCUT2D eigenvalue weighted by Gasteiger charge is -2.09. The Bertz CT molecular complexity index is 473. The molecule has 0 aromatic heterocycles. The molecule has 1 N–H and O–H groups in total. The third kappa shape index (κ3) is 4.95. The monoisotopic (exact) mass is 260 g/mol.